The van der Waals surface area contributed by atoms with Crippen molar-refractivity contribution in [2.45, 2.75) is 66.3 Å². The average Bonchev–Trinajstić information content (AvgIpc) is 3.37. The third kappa shape index (κ3) is 7.43. The Morgan fingerprint density at radius 1 is 1.19 bits per heavy atom. The van der Waals surface area contributed by atoms with Gasteiger partial charge in [0.1, 0.15) is 0 Å². The number of pyridine rings is 1. The molecule has 0 unspecified atom stereocenters. The molecule has 7 nitrogen and oxygen atoms in total. The molecule has 32 heavy (non-hydrogen) atoms. The lowest BCUT2D eigenvalue weighted by atomic mass is 9.83. The van der Waals surface area contributed by atoms with Crippen molar-refractivity contribution in [2.75, 3.05) is 26.3 Å². The standard InChI is InChI=1S/C24H38N6O.HI/c1-5-25-23(28-18-24(11-7-8-12-24)13-14-31-6-2)27-17-21-9-10-22(26-16-21)30-20(4)15-19(3)29-30;/h9-10,15-16H,5-8,11-14,17-18H2,1-4H3,(H2,25,27,28);1H. The van der Waals surface area contributed by atoms with Gasteiger partial charge in [-0.2, -0.15) is 5.10 Å². The molecule has 1 saturated carbocycles. The third-order valence-electron chi connectivity index (χ3n) is 6.08. The Balaban J connectivity index is 0.00000363. The fourth-order valence-electron chi connectivity index (χ4n) is 4.35. The first kappa shape index (κ1) is 26.6. The lowest BCUT2D eigenvalue weighted by Crippen LogP contribution is -2.43. The van der Waals surface area contributed by atoms with E-state index in [1.807, 2.05) is 30.8 Å². The van der Waals surface area contributed by atoms with Gasteiger partial charge in [0.15, 0.2) is 11.8 Å². The molecule has 0 amide bonds. The highest BCUT2D eigenvalue weighted by molar-refractivity contribution is 14.0. The van der Waals surface area contributed by atoms with Crippen LogP contribution in [-0.2, 0) is 11.3 Å². The monoisotopic (exact) mass is 554 g/mol. The molecule has 0 aliphatic heterocycles. The second-order valence-corrected chi connectivity index (χ2v) is 8.57. The number of hydrogen-bond acceptors (Lipinski definition) is 4. The minimum absolute atomic E-state index is 0. The highest BCUT2D eigenvalue weighted by atomic mass is 127. The Bertz CT molecular complexity index is 843. The highest BCUT2D eigenvalue weighted by Gasteiger charge is 2.33. The fraction of sp³-hybridized carbons (Fsp3) is 0.625. The average molecular weight is 555 g/mol. The second kappa shape index (κ2) is 13.1. The summed E-state index contributed by atoms with van der Waals surface area (Å²) in [5.41, 5.74) is 3.48. The molecule has 0 atom stereocenters. The summed E-state index contributed by atoms with van der Waals surface area (Å²) in [7, 11) is 0. The first-order chi connectivity index (χ1) is 15.0. The maximum atomic E-state index is 5.64. The lowest BCUT2D eigenvalue weighted by Gasteiger charge is -2.30. The van der Waals surface area contributed by atoms with Crippen LogP contribution in [-0.4, -0.2) is 47.0 Å². The normalized spacial score (nSPS) is 15.4. The largest absolute Gasteiger partial charge is 0.382 e. The highest BCUT2D eigenvalue weighted by Crippen LogP contribution is 2.40. The summed E-state index contributed by atoms with van der Waals surface area (Å²) in [4.78, 5) is 9.38. The maximum Gasteiger partial charge on any atom is 0.191 e. The van der Waals surface area contributed by atoms with E-state index in [9.17, 15) is 0 Å². The molecule has 2 aromatic rings. The minimum Gasteiger partial charge on any atom is -0.382 e. The van der Waals surface area contributed by atoms with Crippen molar-refractivity contribution in [3.8, 4) is 5.82 Å². The predicted octanol–water partition coefficient (Wildman–Crippen LogP) is 4.54. The SMILES string of the molecule is CCNC(=NCc1ccc(-n2nc(C)cc2C)nc1)NCC1(CCOCC)CCCC1.I. The van der Waals surface area contributed by atoms with Crippen LogP contribution >= 0.6 is 24.0 Å². The lowest BCUT2D eigenvalue weighted by molar-refractivity contribution is 0.105. The number of hydrogen-bond donors (Lipinski definition) is 2. The topological polar surface area (TPSA) is 76.4 Å². The molecule has 2 N–H and O–H groups in total. The smallest absolute Gasteiger partial charge is 0.191 e. The summed E-state index contributed by atoms with van der Waals surface area (Å²) in [6, 6.07) is 6.14. The molecule has 0 spiro atoms. The Hall–Kier alpha value is -1.68. The van der Waals surface area contributed by atoms with E-state index >= 15 is 0 Å². The van der Waals surface area contributed by atoms with E-state index in [1.165, 1.54) is 25.7 Å². The quantitative estimate of drug-likeness (QED) is 0.195. The molecule has 8 heteroatoms. The summed E-state index contributed by atoms with van der Waals surface area (Å²) >= 11 is 0. The molecule has 0 radical (unpaired) electrons. The summed E-state index contributed by atoms with van der Waals surface area (Å²) in [6.45, 7) is 12.2. The van der Waals surface area contributed by atoms with Crippen molar-refractivity contribution in [2.24, 2.45) is 10.4 Å². The molecule has 1 fully saturated rings. The molecular formula is C24H39IN6O. The zero-order chi connectivity index (χ0) is 22.1. The molecule has 1 aliphatic carbocycles. The minimum atomic E-state index is 0. The van der Waals surface area contributed by atoms with Gasteiger partial charge in [0, 0.05) is 38.2 Å². The fourth-order valence-corrected chi connectivity index (χ4v) is 4.35. The van der Waals surface area contributed by atoms with E-state index in [0.717, 1.165) is 61.5 Å². The van der Waals surface area contributed by atoms with Gasteiger partial charge in [-0.15, -0.1) is 24.0 Å². The number of halogens is 1. The van der Waals surface area contributed by atoms with E-state index in [0.29, 0.717) is 12.0 Å². The van der Waals surface area contributed by atoms with Crippen LogP contribution in [0.4, 0.5) is 0 Å². The Morgan fingerprint density at radius 2 is 1.97 bits per heavy atom. The van der Waals surface area contributed by atoms with Gasteiger partial charge in [-0.3, -0.25) is 0 Å². The Kier molecular flexibility index (Phi) is 10.9. The van der Waals surface area contributed by atoms with Crippen LogP contribution in [0.3, 0.4) is 0 Å². The predicted molar refractivity (Wildman–Crippen MR) is 141 cm³/mol. The number of aromatic nitrogens is 3. The summed E-state index contributed by atoms with van der Waals surface area (Å²) in [6.07, 6.45) is 8.17. The van der Waals surface area contributed by atoms with Crippen LogP contribution in [0.5, 0.6) is 0 Å². The molecule has 0 bridgehead atoms. The Labute approximate surface area is 209 Å². The van der Waals surface area contributed by atoms with Crippen LogP contribution in [0.15, 0.2) is 29.4 Å². The van der Waals surface area contributed by atoms with Gasteiger partial charge in [-0.1, -0.05) is 18.9 Å². The van der Waals surface area contributed by atoms with Crippen LogP contribution < -0.4 is 10.6 Å². The molecule has 3 rings (SSSR count). The van der Waals surface area contributed by atoms with Gasteiger partial charge >= 0.3 is 0 Å². The zero-order valence-electron chi connectivity index (χ0n) is 20.0. The van der Waals surface area contributed by atoms with Gasteiger partial charge in [0.2, 0.25) is 0 Å². The molecule has 178 valence electrons. The molecular weight excluding hydrogens is 515 g/mol. The van der Waals surface area contributed by atoms with Crippen LogP contribution in [0.1, 0.15) is 62.9 Å². The van der Waals surface area contributed by atoms with Crippen LogP contribution in [0, 0.1) is 19.3 Å². The van der Waals surface area contributed by atoms with Crippen molar-refractivity contribution in [3.63, 3.8) is 0 Å². The second-order valence-electron chi connectivity index (χ2n) is 8.57. The first-order valence-electron chi connectivity index (χ1n) is 11.6. The number of nitrogens with zero attached hydrogens (tertiary/aromatic N) is 4. The van der Waals surface area contributed by atoms with Gasteiger partial charge < -0.3 is 15.4 Å². The molecule has 1 aliphatic rings. The van der Waals surface area contributed by atoms with E-state index in [-0.39, 0.29) is 24.0 Å². The molecule has 2 heterocycles. The molecule has 0 saturated heterocycles. The zero-order valence-corrected chi connectivity index (χ0v) is 22.3. The van der Waals surface area contributed by atoms with Gasteiger partial charge in [-0.05, 0) is 70.1 Å². The first-order valence-corrected chi connectivity index (χ1v) is 11.6. The van der Waals surface area contributed by atoms with Crippen LogP contribution in [0.25, 0.3) is 5.82 Å². The number of ether oxygens (including phenoxy) is 1. The number of nitrogens with one attached hydrogen (secondary N) is 2. The number of aryl methyl sites for hydroxylation is 2. The molecule has 0 aromatic carbocycles. The Morgan fingerprint density at radius 3 is 2.56 bits per heavy atom. The third-order valence-corrected chi connectivity index (χ3v) is 6.08. The van der Waals surface area contributed by atoms with E-state index in [1.54, 1.807) is 0 Å². The van der Waals surface area contributed by atoms with Crippen molar-refractivity contribution in [3.05, 3.63) is 41.3 Å². The summed E-state index contributed by atoms with van der Waals surface area (Å²) < 4.78 is 7.52. The van der Waals surface area contributed by atoms with Gasteiger partial charge in [-0.25, -0.2) is 14.7 Å². The van der Waals surface area contributed by atoms with Crippen molar-refractivity contribution < 1.29 is 4.74 Å². The van der Waals surface area contributed by atoms with E-state index in [2.05, 4.69) is 46.7 Å². The number of aliphatic imine (C=N–C) groups is 1. The summed E-state index contributed by atoms with van der Waals surface area (Å²) in [5, 5.41) is 11.5. The van der Waals surface area contributed by atoms with Gasteiger partial charge in [0.25, 0.3) is 0 Å². The van der Waals surface area contributed by atoms with E-state index < -0.39 is 0 Å². The number of guanidine groups is 1. The van der Waals surface area contributed by atoms with Crippen molar-refractivity contribution in [1.82, 2.24) is 25.4 Å². The van der Waals surface area contributed by atoms with E-state index in [4.69, 9.17) is 9.73 Å². The summed E-state index contributed by atoms with van der Waals surface area (Å²) in [5.74, 6) is 1.70. The van der Waals surface area contributed by atoms with Crippen molar-refractivity contribution >= 4 is 29.9 Å². The maximum absolute atomic E-state index is 5.64. The molecule has 2 aromatic heterocycles. The van der Waals surface area contributed by atoms with Gasteiger partial charge in [0.05, 0.1) is 12.2 Å². The number of rotatable bonds is 10. The van der Waals surface area contributed by atoms with Crippen molar-refractivity contribution in [1.29, 1.82) is 0 Å². The van der Waals surface area contributed by atoms with Crippen LogP contribution in [0.2, 0.25) is 0 Å².